The van der Waals surface area contributed by atoms with Gasteiger partial charge in [-0.25, -0.2) is 4.98 Å². The molecule has 90 valence electrons. The summed E-state index contributed by atoms with van der Waals surface area (Å²) in [5, 5.41) is 0. The third kappa shape index (κ3) is 2.95. The van der Waals surface area contributed by atoms with Gasteiger partial charge < -0.3 is 10.6 Å². The molecule has 16 heavy (non-hydrogen) atoms. The van der Waals surface area contributed by atoms with Gasteiger partial charge >= 0.3 is 0 Å². The lowest BCUT2D eigenvalue weighted by atomic mass is 10.1. The lowest BCUT2D eigenvalue weighted by molar-refractivity contribution is 0.788. The number of rotatable bonds is 5. The van der Waals surface area contributed by atoms with Crippen LogP contribution in [0.15, 0.2) is 12.1 Å². The van der Waals surface area contributed by atoms with Crippen LogP contribution < -0.4 is 10.6 Å². The summed E-state index contributed by atoms with van der Waals surface area (Å²) in [6.07, 6.45) is 0. The van der Waals surface area contributed by atoms with Crippen molar-refractivity contribution >= 4 is 5.82 Å². The van der Waals surface area contributed by atoms with E-state index in [1.807, 2.05) is 0 Å². The van der Waals surface area contributed by atoms with E-state index in [9.17, 15) is 0 Å². The van der Waals surface area contributed by atoms with Gasteiger partial charge in [0.1, 0.15) is 5.82 Å². The minimum absolute atomic E-state index is 0.445. The molecular formula is C13H23N3. The monoisotopic (exact) mass is 221 g/mol. The Morgan fingerprint density at radius 1 is 1.25 bits per heavy atom. The highest BCUT2D eigenvalue weighted by atomic mass is 15.2. The van der Waals surface area contributed by atoms with Crippen LogP contribution >= 0.6 is 0 Å². The van der Waals surface area contributed by atoms with Crippen LogP contribution in [0.2, 0.25) is 0 Å². The molecule has 0 unspecified atom stereocenters. The van der Waals surface area contributed by atoms with E-state index in [1.165, 1.54) is 5.56 Å². The van der Waals surface area contributed by atoms with E-state index >= 15 is 0 Å². The molecule has 1 aromatic heterocycles. The van der Waals surface area contributed by atoms with Gasteiger partial charge in [-0.05, 0) is 37.5 Å². The Kier molecular flexibility index (Phi) is 4.74. The molecule has 0 amide bonds. The maximum absolute atomic E-state index is 5.72. The van der Waals surface area contributed by atoms with Crippen LogP contribution in [0.3, 0.4) is 0 Å². The minimum Gasteiger partial charge on any atom is -0.357 e. The average Bonchev–Trinajstić information content (AvgIpc) is 2.30. The Morgan fingerprint density at radius 3 is 2.31 bits per heavy atom. The Morgan fingerprint density at radius 2 is 1.88 bits per heavy atom. The maximum atomic E-state index is 5.72. The second-order valence-electron chi connectivity index (χ2n) is 4.29. The smallest absolute Gasteiger partial charge is 0.129 e. The highest BCUT2D eigenvalue weighted by Crippen LogP contribution is 2.19. The van der Waals surface area contributed by atoms with Crippen LogP contribution in [0.5, 0.6) is 0 Å². The number of pyridine rings is 1. The summed E-state index contributed by atoms with van der Waals surface area (Å²) in [7, 11) is 0. The van der Waals surface area contributed by atoms with Gasteiger partial charge in [-0.2, -0.15) is 0 Å². The van der Waals surface area contributed by atoms with Gasteiger partial charge in [0, 0.05) is 25.3 Å². The first-order chi connectivity index (χ1) is 7.62. The number of anilines is 1. The second-order valence-corrected chi connectivity index (χ2v) is 4.29. The summed E-state index contributed by atoms with van der Waals surface area (Å²) >= 11 is 0. The molecule has 0 saturated heterocycles. The Balaban J connectivity index is 3.12. The first kappa shape index (κ1) is 13.0. The molecule has 0 spiro atoms. The molecule has 0 fully saturated rings. The summed E-state index contributed by atoms with van der Waals surface area (Å²) in [6, 6.07) is 4.20. The summed E-state index contributed by atoms with van der Waals surface area (Å²) < 4.78 is 0. The van der Waals surface area contributed by atoms with Crippen molar-refractivity contribution < 1.29 is 0 Å². The molecule has 3 nitrogen and oxygen atoms in total. The average molecular weight is 221 g/mol. The molecule has 0 saturated carbocycles. The Hall–Kier alpha value is -1.09. The van der Waals surface area contributed by atoms with Crippen molar-refractivity contribution in [1.29, 1.82) is 0 Å². The molecule has 0 radical (unpaired) electrons. The van der Waals surface area contributed by atoms with Crippen molar-refractivity contribution in [2.75, 3.05) is 18.0 Å². The van der Waals surface area contributed by atoms with Crippen LogP contribution in [0, 0.1) is 0 Å². The number of aromatic nitrogens is 1. The van der Waals surface area contributed by atoms with E-state index in [-0.39, 0.29) is 0 Å². The van der Waals surface area contributed by atoms with Gasteiger partial charge in [0.25, 0.3) is 0 Å². The molecule has 1 aromatic rings. The molecule has 0 bridgehead atoms. The molecule has 0 aliphatic carbocycles. The van der Waals surface area contributed by atoms with Crippen molar-refractivity contribution in [2.45, 2.75) is 40.2 Å². The van der Waals surface area contributed by atoms with Crippen molar-refractivity contribution in [2.24, 2.45) is 5.73 Å². The molecule has 0 atom stereocenters. The highest BCUT2D eigenvalue weighted by molar-refractivity contribution is 5.43. The molecule has 1 rings (SSSR count). The first-order valence-electron chi connectivity index (χ1n) is 6.08. The van der Waals surface area contributed by atoms with Crippen molar-refractivity contribution in [3.8, 4) is 0 Å². The van der Waals surface area contributed by atoms with Gasteiger partial charge in [-0.15, -0.1) is 0 Å². The van der Waals surface area contributed by atoms with Crippen LogP contribution in [-0.2, 0) is 6.54 Å². The van der Waals surface area contributed by atoms with Gasteiger partial charge in [0.2, 0.25) is 0 Å². The molecular weight excluding hydrogens is 198 g/mol. The van der Waals surface area contributed by atoms with Gasteiger partial charge in [0.15, 0.2) is 0 Å². The van der Waals surface area contributed by atoms with Crippen LogP contribution in [0.4, 0.5) is 5.82 Å². The molecule has 3 heteroatoms. The molecule has 0 aromatic carbocycles. The Bertz CT molecular complexity index is 330. The van der Waals surface area contributed by atoms with E-state index in [2.05, 4.69) is 44.7 Å². The molecule has 2 N–H and O–H groups in total. The van der Waals surface area contributed by atoms with E-state index in [1.54, 1.807) is 0 Å². The van der Waals surface area contributed by atoms with Gasteiger partial charge in [-0.1, -0.05) is 13.8 Å². The van der Waals surface area contributed by atoms with E-state index < -0.39 is 0 Å². The normalized spacial score (nSPS) is 10.9. The Labute approximate surface area is 98.7 Å². The lowest BCUT2D eigenvalue weighted by Crippen LogP contribution is -2.23. The summed E-state index contributed by atoms with van der Waals surface area (Å²) in [6.45, 7) is 11.2. The summed E-state index contributed by atoms with van der Waals surface area (Å²) in [4.78, 5) is 6.95. The fraction of sp³-hybridized carbons (Fsp3) is 0.615. The zero-order valence-corrected chi connectivity index (χ0v) is 10.8. The molecule has 1 heterocycles. The van der Waals surface area contributed by atoms with E-state index in [4.69, 9.17) is 10.7 Å². The SMILES string of the molecule is CCN(CC)c1cc(CN)cc(C(C)C)n1. The number of nitrogens with zero attached hydrogens (tertiary/aromatic N) is 2. The van der Waals surface area contributed by atoms with Crippen molar-refractivity contribution in [3.63, 3.8) is 0 Å². The lowest BCUT2D eigenvalue weighted by Gasteiger charge is -2.22. The molecule has 0 aliphatic heterocycles. The van der Waals surface area contributed by atoms with Gasteiger partial charge in [-0.3, -0.25) is 0 Å². The minimum atomic E-state index is 0.445. The van der Waals surface area contributed by atoms with E-state index in [0.717, 1.165) is 24.6 Å². The fourth-order valence-electron chi connectivity index (χ4n) is 1.72. The third-order valence-corrected chi connectivity index (χ3v) is 2.81. The number of hydrogen-bond donors (Lipinski definition) is 1. The zero-order chi connectivity index (χ0) is 12.1. The van der Waals surface area contributed by atoms with Crippen LogP contribution in [-0.4, -0.2) is 18.1 Å². The van der Waals surface area contributed by atoms with Gasteiger partial charge in [0.05, 0.1) is 0 Å². The predicted octanol–water partition coefficient (Wildman–Crippen LogP) is 2.51. The topological polar surface area (TPSA) is 42.1 Å². The van der Waals surface area contributed by atoms with Crippen molar-refractivity contribution in [1.82, 2.24) is 4.98 Å². The number of nitrogens with two attached hydrogens (primary N) is 1. The van der Waals surface area contributed by atoms with Crippen LogP contribution in [0.25, 0.3) is 0 Å². The fourth-order valence-corrected chi connectivity index (χ4v) is 1.72. The molecule has 0 aliphatic rings. The predicted molar refractivity (Wildman–Crippen MR) is 69.8 cm³/mol. The van der Waals surface area contributed by atoms with Crippen LogP contribution in [0.1, 0.15) is 44.9 Å². The quantitative estimate of drug-likeness (QED) is 0.830. The van der Waals surface area contributed by atoms with Crippen molar-refractivity contribution in [3.05, 3.63) is 23.4 Å². The summed E-state index contributed by atoms with van der Waals surface area (Å²) in [5.41, 5.74) is 8.02. The third-order valence-electron chi connectivity index (χ3n) is 2.81. The van der Waals surface area contributed by atoms with E-state index in [0.29, 0.717) is 12.5 Å². The number of hydrogen-bond acceptors (Lipinski definition) is 3. The summed E-state index contributed by atoms with van der Waals surface area (Å²) in [5.74, 6) is 1.50. The second kappa shape index (κ2) is 5.85. The standard InChI is InChI=1S/C13H23N3/c1-5-16(6-2)13-8-11(9-14)7-12(15-13)10(3)4/h7-8,10H,5-6,9,14H2,1-4H3. The largest absolute Gasteiger partial charge is 0.357 e. The maximum Gasteiger partial charge on any atom is 0.129 e. The highest BCUT2D eigenvalue weighted by Gasteiger charge is 2.09. The first-order valence-corrected chi connectivity index (χ1v) is 6.08. The zero-order valence-electron chi connectivity index (χ0n) is 10.8.